The van der Waals surface area contributed by atoms with Gasteiger partial charge in [-0.25, -0.2) is 5.84 Å². The van der Waals surface area contributed by atoms with Crippen LogP contribution in [0.5, 0.6) is 0 Å². The summed E-state index contributed by atoms with van der Waals surface area (Å²) in [5.41, 5.74) is 2.38. The Morgan fingerprint density at radius 2 is 2.00 bits per heavy atom. The number of hydrogen-bond donors (Lipinski definition) is 5. The molecule has 0 saturated carbocycles. The van der Waals surface area contributed by atoms with E-state index in [0.29, 0.717) is 0 Å². The normalized spacial score (nSPS) is 13.7. The van der Waals surface area contributed by atoms with Gasteiger partial charge in [0.25, 0.3) is 5.91 Å². The third-order valence-electron chi connectivity index (χ3n) is 2.37. The van der Waals surface area contributed by atoms with Crippen LogP contribution in [0.2, 0.25) is 0 Å². The molecule has 0 heterocycles. The van der Waals surface area contributed by atoms with Crippen molar-refractivity contribution in [3.05, 3.63) is 35.4 Å². The van der Waals surface area contributed by atoms with Crippen LogP contribution in [0, 0.1) is 0 Å². The van der Waals surface area contributed by atoms with Crippen LogP contribution in [0.3, 0.4) is 0 Å². The molecule has 0 aliphatic carbocycles. The van der Waals surface area contributed by atoms with Crippen LogP contribution in [-0.2, 0) is 4.79 Å². The van der Waals surface area contributed by atoms with Gasteiger partial charge in [0, 0.05) is 5.56 Å². The highest BCUT2D eigenvalue weighted by Gasteiger charge is 2.21. The maximum absolute atomic E-state index is 11.3. The molecule has 2 atom stereocenters. The molecule has 0 spiro atoms. The minimum atomic E-state index is -1.45. The molecule has 98 valence electrons. The highest BCUT2D eigenvalue weighted by Crippen LogP contribution is 2.20. The number of carbonyl (C=O) groups is 2. The number of aliphatic hydroxyl groups excluding tert-OH is 2. The molecular formula is C11H14N2O5. The lowest BCUT2D eigenvalue weighted by atomic mass is 10.00. The highest BCUT2D eigenvalue weighted by molar-refractivity contribution is 5.93. The number of rotatable bonds is 5. The van der Waals surface area contributed by atoms with E-state index in [1.165, 1.54) is 24.3 Å². The Balaban J connectivity index is 2.89. The Bertz CT molecular complexity index is 449. The monoisotopic (exact) mass is 254 g/mol. The van der Waals surface area contributed by atoms with Crippen molar-refractivity contribution in [3.63, 3.8) is 0 Å². The van der Waals surface area contributed by atoms with Crippen molar-refractivity contribution in [2.24, 2.45) is 5.84 Å². The summed E-state index contributed by atoms with van der Waals surface area (Å²) in [7, 11) is 0. The number of hydrogen-bond acceptors (Lipinski definition) is 5. The molecule has 0 bridgehead atoms. The van der Waals surface area contributed by atoms with E-state index < -0.39 is 30.5 Å². The summed E-state index contributed by atoms with van der Waals surface area (Å²) in [4.78, 5) is 21.7. The Kier molecular flexibility index (Phi) is 4.78. The van der Waals surface area contributed by atoms with Gasteiger partial charge < -0.3 is 15.3 Å². The highest BCUT2D eigenvalue weighted by atomic mass is 16.4. The summed E-state index contributed by atoms with van der Waals surface area (Å²) in [5.74, 6) is 3.20. The van der Waals surface area contributed by atoms with Gasteiger partial charge >= 0.3 is 5.97 Å². The molecule has 0 radical (unpaired) electrons. The summed E-state index contributed by atoms with van der Waals surface area (Å²) in [5, 5.41) is 27.7. The fourth-order valence-electron chi connectivity index (χ4n) is 1.46. The summed E-state index contributed by atoms with van der Waals surface area (Å²) < 4.78 is 0. The minimum Gasteiger partial charge on any atom is -0.481 e. The van der Waals surface area contributed by atoms with E-state index in [0.717, 1.165) is 0 Å². The maximum Gasteiger partial charge on any atom is 0.306 e. The number of nitrogens with one attached hydrogen (secondary N) is 1. The Hall–Kier alpha value is -1.96. The Morgan fingerprint density at radius 3 is 2.56 bits per heavy atom. The molecule has 6 N–H and O–H groups in total. The van der Waals surface area contributed by atoms with E-state index >= 15 is 0 Å². The van der Waals surface area contributed by atoms with Crippen molar-refractivity contribution in [2.45, 2.75) is 18.6 Å². The van der Waals surface area contributed by atoms with Crippen molar-refractivity contribution in [1.82, 2.24) is 5.43 Å². The predicted molar refractivity (Wildman–Crippen MR) is 61.3 cm³/mol. The van der Waals surface area contributed by atoms with Gasteiger partial charge in [-0.15, -0.1) is 0 Å². The first-order valence-corrected chi connectivity index (χ1v) is 5.14. The first-order valence-electron chi connectivity index (χ1n) is 5.14. The van der Waals surface area contributed by atoms with Crippen LogP contribution in [-0.4, -0.2) is 33.3 Å². The largest absolute Gasteiger partial charge is 0.481 e. The maximum atomic E-state index is 11.3. The smallest absolute Gasteiger partial charge is 0.306 e. The van der Waals surface area contributed by atoms with Gasteiger partial charge in [-0.2, -0.15) is 0 Å². The number of amides is 1. The standard InChI is InChI=1S/C11H14N2O5/c12-13-11(18)7-3-1-2-6(4-7)10(17)8(14)5-9(15)16/h1-4,8,10,14,17H,5,12H2,(H,13,18)(H,15,16). The van der Waals surface area contributed by atoms with Crippen LogP contribution < -0.4 is 11.3 Å². The van der Waals surface area contributed by atoms with Crippen LogP contribution in [0.15, 0.2) is 24.3 Å². The number of carboxylic acids is 1. The average molecular weight is 254 g/mol. The molecule has 7 heteroatoms. The molecule has 1 rings (SSSR count). The number of aliphatic hydroxyl groups is 2. The number of nitrogens with two attached hydrogens (primary N) is 1. The molecule has 0 saturated heterocycles. The van der Waals surface area contributed by atoms with E-state index in [4.69, 9.17) is 10.9 Å². The second-order valence-corrected chi connectivity index (χ2v) is 3.71. The molecule has 0 aromatic heterocycles. The number of benzene rings is 1. The van der Waals surface area contributed by atoms with Crippen LogP contribution in [0.25, 0.3) is 0 Å². The van der Waals surface area contributed by atoms with Crippen molar-refractivity contribution < 1.29 is 24.9 Å². The summed E-state index contributed by atoms with van der Waals surface area (Å²) in [6.45, 7) is 0. The van der Waals surface area contributed by atoms with E-state index in [9.17, 15) is 19.8 Å². The van der Waals surface area contributed by atoms with Gasteiger partial charge in [0.15, 0.2) is 0 Å². The van der Waals surface area contributed by atoms with Crippen molar-refractivity contribution in [1.29, 1.82) is 0 Å². The zero-order valence-electron chi connectivity index (χ0n) is 9.41. The zero-order chi connectivity index (χ0) is 13.7. The second kappa shape index (κ2) is 6.10. The summed E-state index contributed by atoms with van der Waals surface area (Å²) in [6, 6.07) is 5.78. The molecule has 0 fully saturated rings. The van der Waals surface area contributed by atoms with Gasteiger partial charge in [0.1, 0.15) is 6.10 Å². The molecule has 1 amide bonds. The van der Waals surface area contributed by atoms with Crippen molar-refractivity contribution in [2.75, 3.05) is 0 Å². The topological polar surface area (TPSA) is 133 Å². The van der Waals surface area contributed by atoms with E-state index in [2.05, 4.69) is 0 Å². The predicted octanol–water partition coefficient (Wildman–Crippen LogP) is -0.841. The van der Waals surface area contributed by atoms with Gasteiger partial charge in [0.2, 0.25) is 0 Å². The first-order chi connectivity index (χ1) is 8.45. The van der Waals surface area contributed by atoms with E-state index in [-0.39, 0.29) is 11.1 Å². The van der Waals surface area contributed by atoms with Crippen LogP contribution >= 0.6 is 0 Å². The average Bonchev–Trinajstić information content (AvgIpc) is 2.36. The SMILES string of the molecule is NNC(=O)c1cccc(C(O)C(O)CC(=O)O)c1. The quantitative estimate of drug-likeness (QED) is 0.264. The third kappa shape index (κ3) is 3.52. The molecule has 1 aromatic carbocycles. The van der Waals surface area contributed by atoms with Gasteiger partial charge in [0.05, 0.1) is 12.5 Å². The fraction of sp³-hybridized carbons (Fsp3) is 0.273. The van der Waals surface area contributed by atoms with Gasteiger partial charge in [-0.05, 0) is 17.7 Å². The molecule has 7 nitrogen and oxygen atoms in total. The lowest BCUT2D eigenvalue weighted by molar-refractivity contribution is -0.141. The zero-order valence-corrected chi connectivity index (χ0v) is 9.41. The van der Waals surface area contributed by atoms with E-state index in [1.807, 2.05) is 5.43 Å². The van der Waals surface area contributed by atoms with Crippen molar-refractivity contribution >= 4 is 11.9 Å². The van der Waals surface area contributed by atoms with E-state index in [1.54, 1.807) is 0 Å². The van der Waals surface area contributed by atoms with Crippen LogP contribution in [0.4, 0.5) is 0 Å². The minimum absolute atomic E-state index is 0.205. The summed E-state index contributed by atoms with van der Waals surface area (Å²) >= 11 is 0. The number of aliphatic carboxylic acids is 1. The molecule has 18 heavy (non-hydrogen) atoms. The fourth-order valence-corrected chi connectivity index (χ4v) is 1.46. The van der Waals surface area contributed by atoms with Crippen molar-refractivity contribution in [3.8, 4) is 0 Å². The molecule has 0 aliphatic rings. The lowest BCUT2D eigenvalue weighted by Gasteiger charge is -2.17. The van der Waals surface area contributed by atoms with Crippen LogP contribution in [0.1, 0.15) is 28.4 Å². The molecule has 1 aromatic rings. The molecule has 0 aliphatic heterocycles. The number of hydrazine groups is 1. The molecular weight excluding hydrogens is 240 g/mol. The van der Waals surface area contributed by atoms with Gasteiger partial charge in [-0.1, -0.05) is 12.1 Å². The lowest BCUT2D eigenvalue weighted by Crippen LogP contribution is -2.30. The Labute approximate surface area is 103 Å². The Morgan fingerprint density at radius 1 is 1.33 bits per heavy atom. The summed E-state index contributed by atoms with van der Waals surface area (Å²) in [6.07, 6.45) is -3.42. The number of carboxylic acid groups (broad SMARTS) is 1. The molecule has 2 unspecified atom stereocenters. The number of nitrogen functional groups attached to an aromatic ring is 1. The third-order valence-corrected chi connectivity index (χ3v) is 2.37. The second-order valence-electron chi connectivity index (χ2n) is 3.71. The van der Waals surface area contributed by atoms with Gasteiger partial charge in [-0.3, -0.25) is 15.0 Å². The number of carbonyl (C=O) groups excluding carboxylic acids is 1. The first kappa shape index (κ1) is 14.1.